The molecule has 1 aromatic heterocycles. The minimum absolute atomic E-state index is 0.0388. The molecule has 1 amide bonds. The molecule has 2 rings (SSSR count). The molecule has 7 nitrogen and oxygen atoms in total. The number of furan rings is 1. The van der Waals surface area contributed by atoms with Gasteiger partial charge in [-0.05, 0) is 31.5 Å². The number of carbonyl (C=O) groups excluding carboxylic acids is 1. The highest BCUT2D eigenvalue weighted by Crippen LogP contribution is 2.09. The molecule has 3 N–H and O–H groups in total. The number of hydrogen-bond donors (Lipinski definition) is 3. The molecule has 1 fully saturated rings. The number of nitrogens with one attached hydrogen (secondary N) is 3. The molecule has 1 saturated heterocycles. The third-order valence-corrected chi connectivity index (χ3v) is 3.69. The quantitative estimate of drug-likeness (QED) is 0.700. The van der Waals surface area contributed by atoms with E-state index in [2.05, 4.69) is 15.4 Å². The van der Waals surface area contributed by atoms with Crippen molar-refractivity contribution in [2.75, 3.05) is 19.3 Å². The van der Waals surface area contributed by atoms with Gasteiger partial charge in [0.15, 0.2) is 5.76 Å². The van der Waals surface area contributed by atoms with Crippen molar-refractivity contribution in [3.8, 4) is 0 Å². The van der Waals surface area contributed by atoms with Crippen molar-refractivity contribution in [3.05, 3.63) is 23.7 Å². The Morgan fingerprint density at radius 2 is 2.30 bits per heavy atom. The first-order valence-electron chi connectivity index (χ1n) is 6.49. The van der Waals surface area contributed by atoms with E-state index in [1.165, 1.54) is 0 Å². The van der Waals surface area contributed by atoms with E-state index in [4.69, 9.17) is 4.42 Å². The first-order valence-corrected chi connectivity index (χ1v) is 8.38. The van der Waals surface area contributed by atoms with Gasteiger partial charge in [-0.2, -0.15) is 0 Å². The molecular formula is C12H19N3O4S. The van der Waals surface area contributed by atoms with Crippen LogP contribution in [-0.2, 0) is 16.6 Å². The van der Waals surface area contributed by atoms with Crippen LogP contribution in [0.3, 0.4) is 0 Å². The molecule has 20 heavy (non-hydrogen) atoms. The fourth-order valence-electron chi connectivity index (χ4n) is 2.03. The van der Waals surface area contributed by atoms with Crippen LogP contribution in [0.15, 0.2) is 16.5 Å². The van der Waals surface area contributed by atoms with Crippen LogP contribution >= 0.6 is 0 Å². The van der Waals surface area contributed by atoms with E-state index in [-0.39, 0.29) is 24.3 Å². The van der Waals surface area contributed by atoms with Crippen LogP contribution in [0.4, 0.5) is 0 Å². The van der Waals surface area contributed by atoms with Crippen LogP contribution in [0, 0.1) is 0 Å². The van der Waals surface area contributed by atoms with Crippen molar-refractivity contribution in [1.29, 1.82) is 0 Å². The zero-order valence-electron chi connectivity index (χ0n) is 11.3. The molecule has 8 heteroatoms. The molecule has 1 atom stereocenters. The monoisotopic (exact) mass is 301 g/mol. The van der Waals surface area contributed by atoms with E-state index in [0.717, 1.165) is 32.2 Å². The Morgan fingerprint density at radius 1 is 1.50 bits per heavy atom. The van der Waals surface area contributed by atoms with Crippen LogP contribution in [0.1, 0.15) is 29.2 Å². The Hall–Kier alpha value is -1.38. The van der Waals surface area contributed by atoms with Gasteiger partial charge in [0.25, 0.3) is 5.91 Å². The van der Waals surface area contributed by atoms with Gasteiger partial charge >= 0.3 is 0 Å². The molecule has 0 spiro atoms. The second-order valence-corrected chi connectivity index (χ2v) is 6.71. The standard InChI is InChI=1S/C12H19N3O4S/c1-20(17,18)14-8-10-4-5-11(19-10)12(16)15-9-3-2-6-13-7-9/h4-5,9,13-14H,2-3,6-8H2,1H3,(H,15,16)/t9-/m0/s1. The lowest BCUT2D eigenvalue weighted by molar-refractivity contribution is 0.0900. The molecule has 0 aromatic carbocycles. The average molecular weight is 301 g/mol. The van der Waals surface area contributed by atoms with Gasteiger partial charge in [0.05, 0.1) is 12.8 Å². The van der Waals surface area contributed by atoms with Crippen molar-refractivity contribution < 1.29 is 17.6 Å². The lowest BCUT2D eigenvalue weighted by Gasteiger charge is -2.23. The van der Waals surface area contributed by atoms with Crippen molar-refractivity contribution in [2.45, 2.75) is 25.4 Å². The van der Waals surface area contributed by atoms with E-state index in [0.29, 0.717) is 5.76 Å². The van der Waals surface area contributed by atoms with Crippen LogP contribution in [0.2, 0.25) is 0 Å². The zero-order valence-corrected chi connectivity index (χ0v) is 12.1. The van der Waals surface area contributed by atoms with Gasteiger partial charge in [-0.25, -0.2) is 13.1 Å². The summed E-state index contributed by atoms with van der Waals surface area (Å²) in [5, 5.41) is 6.10. The minimum Gasteiger partial charge on any atom is -0.455 e. The van der Waals surface area contributed by atoms with Crippen LogP contribution in [0.25, 0.3) is 0 Å². The Balaban J connectivity index is 1.89. The maximum absolute atomic E-state index is 12.0. The van der Waals surface area contributed by atoms with Gasteiger partial charge in [0.2, 0.25) is 10.0 Å². The van der Waals surface area contributed by atoms with E-state index in [9.17, 15) is 13.2 Å². The Bertz CT molecular complexity index is 561. The summed E-state index contributed by atoms with van der Waals surface area (Å²) in [6.45, 7) is 1.78. The Labute approximate surface area is 118 Å². The lowest BCUT2D eigenvalue weighted by Crippen LogP contribution is -2.45. The average Bonchev–Trinajstić information content (AvgIpc) is 2.86. The van der Waals surface area contributed by atoms with E-state index < -0.39 is 10.0 Å². The summed E-state index contributed by atoms with van der Waals surface area (Å²) >= 11 is 0. The molecular weight excluding hydrogens is 282 g/mol. The fourth-order valence-corrected chi connectivity index (χ4v) is 2.43. The molecule has 1 aliphatic rings. The predicted octanol–water partition coefficient (Wildman–Crippen LogP) is -0.189. The molecule has 1 aromatic rings. The molecule has 1 aliphatic heterocycles. The number of rotatable bonds is 5. The summed E-state index contributed by atoms with van der Waals surface area (Å²) < 4.78 is 29.6. The van der Waals surface area contributed by atoms with Gasteiger partial charge in [0.1, 0.15) is 5.76 Å². The summed E-state index contributed by atoms with van der Waals surface area (Å²) in [7, 11) is -3.27. The largest absolute Gasteiger partial charge is 0.455 e. The number of carbonyl (C=O) groups is 1. The fraction of sp³-hybridized carbons (Fsp3) is 0.583. The number of piperidine rings is 1. The van der Waals surface area contributed by atoms with E-state index in [1.807, 2.05) is 0 Å². The van der Waals surface area contributed by atoms with Gasteiger partial charge in [-0.15, -0.1) is 0 Å². The molecule has 112 valence electrons. The minimum atomic E-state index is -3.27. The van der Waals surface area contributed by atoms with Crippen molar-refractivity contribution in [1.82, 2.24) is 15.4 Å². The normalized spacial score (nSPS) is 19.8. The molecule has 0 radical (unpaired) electrons. The third kappa shape index (κ3) is 4.62. The highest BCUT2D eigenvalue weighted by Gasteiger charge is 2.18. The van der Waals surface area contributed by atoms with Crippen molar-refractivity contribution >= 4 is 15.9 Å². The summed E-state index contributed by atoms with van der Waals surface area (Å²) in [4.78, 5) is 12.0. The molecule has 0 aliphatic carbocycles. The van der Waals surface area contributed by atoms with Gasteiger partial charge in [0, 0.05) is 12.6 Å². The Morgan fingerprint density at radius 3 is 2.95 bits per heavy atom. The highest BCUT2D eigenvalue weighted by molar-refractivity contribution is 7.88. The lowest BCUT2D eigenvalue weighted by atomic mass is 10.1. The van der Waals surface area contributed by atoms with Crippen LogP contribution in [-0.4, -0.2) is 39.7 Å². The first kappa shape index (κ1) is 15.0. The van der Waals surface area contributed by atoms with Gasteiger partial charge in [-0.1, -0.05) is 0 Å². The Kier molecular flexibility index (Phi) is 4.79. The molecule has 0 saturated carbocycles. The smallest absolute Gasteiger partial charge is 0.287 e. The van der Waals surface area contributed by atoms with Crippen LogP contribution in [0.5, 0.6) is 0 Å². The summed E-state index contributed by atoms with van der Waals surface area (Å²) in [5.74, 6) is 0.326. The topological polar surface area (TPSA) is 100 Å². The van der Waals surface area contributed by atoms with E-state index in [1.54, 1.807) is 12.1 Å². The predicted molar refractivity (Wildman–Crippen MR) is 73.7 cm³/mol. The van der Waals surface area contributed by atoms with Gasteiger partial charge < -0.3 is 15.1 Å². The molecule has 0 unspecified atom stereocenters. The second-order valence-electron chi connectivity index (χ2n) is 4.88. The number of hydrogen-bond acceptors (Lipinski definition) is 5. The van der Waals surface area contributed by atoms with Crippen molar-refractivity contribution in [3.63, 3.8) is 0 Å². The first-order chi connectivity index (χ1) is 9.44. The summed E-state index contributed by atoms with van der Waals surface area (Å²) in [5.41, 5.74) is 0. The van der Waals surface area contributed by atoms with Gasteiger partial charge in [-0.3, -0.25) is 4.79 Å². The number of sulfonamides is 1. The molecule has 0 bridgehead atoms. The maximum Gasteiger partial charge on any atom is 0.287 e. The number of amides is 1. The van der Waals surface area contributed by atoms with Crippen molar-refractivity contribution in [2.24, 2.45) is 0 Å². The van der Waals surface area contributed by atoms with E-state index >= 15 is 0 Å². The maximum atomic E-state index is 12.0. The summed E-state index contributed by atoms with van der Waals surface area (Å²) in [6, 6.07) is 3.25. The third-order valence-electron chi connectivity index (χ3n) is 3.03. The molecule has 2 heterocycles. The zero-order chi connectivity index (χ0) is 14.6. The van der Waals surface area contributed by atoms with Crippen LogP contribution < -0.4 is 15.4 Å². The second kappa shape index (κ2) is 6.38. The summed E-state index contributed by atoms with van der Waals surface area (Å²) in [6.07, 6.45) is 3.05. The SMILES string of the molecule is CS(=O)(=O)NCc1ccc(C(=O)N[C@H]2CCCNC2)o1. The highest BCUT2D eigenvalue weighted by atomic mass is 32.2.